The number of carbonyl (C=O) groups excluding carboxylic acids is 1. The smallest absolute Gasteiger partial charge is 0.231 e. The first-order valence-corrected chi connectivity index (χ1v) is 9.72. The molecule has 0 fully saturated rings. The largest absolute Gasteiger partial charge is 0.454 e. The fourth-order valence-corrected chi connectivity index (χ4v) is 4.43. The average Bonchev–Trinajstić information content (AvgIpc) is 3.25. The minimum Gasteiger partial charge on any atom is -0.454 e. The number of carbonyl (C=O) groups is 1. The molecule has 128 valence electrons. The van der Waals surface area contributed by atoms with Crippen molar-refractivity contribution in [3.8, 4) is 11.5 Å². The van der Waals surface area contributed by atoms with Gasteiger partial charge in [0.25, 0.3) is 0 Å². The number of para-hydroxylation sites is 1. The summed E-state index contributed by atoms with van der Waals surface area (Å²) in [7, 11) is 0. The molecule has 0 saturated carbocycles. The zero-order chi connectivity index (χ0) is 17.1. The Morgan fingerprint density at radius 1 is 1.20 bits per heavy atom. The third kappa shape index (κ3) is 3.88. The molecule has 7 heteroatoms. The summed E-state index contributed by atoms with van der Waals surface area (Å²) in [4.78, 5) is 16.5. The van der Waals surface area contributed by atoms with Crippen molar-refractivity contribution in [1.29, 1.82) is 0 Å². The van der Waals surface area contributed by atoms with E-state index in [1.54, 1.807) is 11.3 Å². The maximum atomic E-state index is 12.0. The van der Waals surface area contributed by atoms with Gasteiger partial charge in [-0.3, -0.25) is 4.79 Å². The van der Waals surface area contributed by atoms with E-state index in [0.29, 0.717) is 12.3 Å². The summed E-state index contributed by atoms with van der Waals surface area (Å²) in [5.74, 6) is 1.95. The molecule has 5 nitrogen and oxygen atoms in total. The topological polar surface area (TPSA) is 60.5 Å². The number of rotatable bonds is 6. The lowest BCUT2D eigenvalue weighted by Crippen LogP contribution is -2.27. The van der Waals surface area contributed by atoms with Crippen LogP contribution in [0.1, 0.15) is 5.56 Å². The molecule has 1 N–H and O–H groups in total. The van der Waals surface area contributed by atoms with Gasteiger partial charge in [0, 0.05) is 6.54 Å². The van der Waals surface area contributed by atoms with Crippen molar-refractivity contribution in [3.63, 3.8) is 0 Å². The molecule has 0 saturated heterocycles. The number of fused-ring (bicyclic) bond motifs is 2. The summed E-state index contributed by atoms with van der Waals surface area (Å²) in [5, 5.41) is 2.95. The fraction of sp³-hybridized carbons (Fsp3) is 0.222. The van der Waals surface area contributed by atoms with Crippen molar-refractivity contribution in [2.24, 2.45) is 0 Å². The zero-order valence-corrected chi connectivity index (χ0v) is 15.0. The molecule has 1 aliphatic rings. The SMILES string of the molecule is O=C(CSc1nc2ccccc2s1)NCCc1ccc2c(c1)OCO2. The molecule has 0 atom stereocenters. The van der Waals surface area contributed by atoms with Crippen LogP contribution in [0.15, 0.2) is 46.8 Å². The van der Waals surface area contributed by atoms with Crippen molar-refractivity contribution >= 4 is 39.2 Å². The Kier molecular flexibility index (Phi) is 4.76. The van der Waals surface area contributed by atoms with Crippen LogP contribution in [0.2, 0.25) is 0 Å². The summed E-state index contributed by atoms with van der Waals surface area (Å²) < 4.78 is 12.7. The second-order valence-electron chi connectivity index (χ2n) is 5.52. The molecule has 0 aliphatic carbocycles. The number of nitrogens with one attached hydrogen (secondary N) is 1. The first-order chi connectivity index (χ1) is 12.3. The summed E-state index contributed by atoms with van der Waals surface area (Å²) >= 11 is 3.09. The Bertz CT molecular complexity index is 877. The van der Waals surface area contributed by atoms with Crippen molar-refractivity contribution < 1.29 is 14.3 Å². The van der Waals surface area contributed by atoms with Crippen LogP contribution in [-0.4, -0.2) is 30.0 Å². The number of hydrogen-bond acceptors (Lipinski definition) is 6. The Balaban J connectivity index is 1.24. The highest BCUT2D eigenvalue weighted by atomic mass is 32.2. The number of thiazole rings is 1. The molecule has 0 spiro atoms. The van der Waals surface area contributed by atoms with Gasteiger partial charge in [-0.15, -0.1) is 11.3 Å². The van der Waals surface area contributed by atoms with Crippen LogP contribution >= 0.6 is 23.1 Å². The molecule has 4 rings (SSSR count). The van der Waals surface area contributed by atoms with E-state index in [4.69, 9.17) is 9.47 Å². The molecule has 0 bridgehead atoms. The minimum absolute atomic E-state index is 0.0185. The number of amides is 1. The van der Waals surface area contributed by atoms with Crippen LogP contribution in [-0.2, 0) is 11.2 Å². The highest BCUT2D eigenvalue weighted by Crippen LogP contribution is 2.32. The standard InChI is InChI=1S/C18H16N2O3S2/c21-17(10-24-18-20-13-3-1-2-4-16(13)25-18)19-8-7-12-5-6-14-15(9-12)23-11-22-14/h1-6,9H,7-8,10-11H2,(H,19,21). The van der Waals surface area contributed by atoms with E-state index in [2.05, 4.69) is 10.3 Å². The van der Waals surface area contributed by atoms with Crippen molar-refractivity contribution in [2.75, 3.05) is 19.1 Å². The van der Waals surface area contributed by atoms with Crippen LogP contribution in [0.3, 0.4) is 0 Å². The quantitative estimate of drug-likeness (QED) is 0.672. The molecule has 2 heterocycles. The first-order valence-electron chi connectivity index (χ1n) is 7.91. The van der Waals surface area contributed by atoms with Gasteiger partial charge >= 0.3 is 0 Å². The number of nitrogens with zero attached hydrogens (tertiary/aromatic N) is 1. The van der Waals surface area contributed by atoms with Gasteiger partial charge in [-0.05, 0) is 36.2 Å². The molecular weight excluding hydrogens is 356 g/mol. The van der Waals surface area contributed by atoms with Crippen LogP contribution < -0.4 is 14.8 Å². The Labute approximate surface area is 153 Å². The van der Waals surface area contributed by atoms with Crippen LogP contribution in [0, 0.1) is 0 Å². The van der Waals surface area contributed by atoms with Crippen LogP contribution in [0.4, 0.5) is 0 Å². The predicted molar refractivity (Wildman–Crippen MR) is 99.6 cm³/mol. The summed E-state index contributed by atoms with van der Waals surface area (Å²) in [6.45, 7) is 0.872. The first kappa shape index (κ1) is 16.2. The molecular formula is C18H16N2O3S2. The third-order valence-electron chi connectivity index (χ3n) is 3.77. The molecule has 1 amide bonds. The number of aromatic nitrogens is 1. The molecule has 1 aliphatic heterocycles. The maximum absolute atomic E-state index is 12.0. The lowest BCUT2D eigenvalue weighted by Gasteiger charge is -2.05. The van der Waals surface area contributed by atoms with Crippen molar-refractivity contribution in [3.05, 3.63) is 48.0 Å². The summed E-state index contributed by atoms with van der Waals surface area (Å²) in [6, 6.07) is 13.9. The van der Waals surface area contributed by atoms with E-state index < -0.39 is 0 Å². The lowest BCUT2D eigenvalue weighted by atomic mass is 10.1. The van der Waals surface area contributed by atoms with E-state index in [0.717, 1.165) is 38.0 Å². The fourth-order valence-electron chi connectivity index (χ4n) is 2.53. The van der Waals surface area contributed by atoms with Gasteiger partial charge in [0.15, 0.2) is 15.8 Å². The number of benzene rings is 2. The Morgan fingerprint density at radius 3 is 3.00 bits per heavy atom. The maximum Gasteiger partial charge on any atom is 0.231 e. The van der Waals surface area contributed by atoms with Gasteiger partial charge in [-0.2, -0.15) is 0 Å². The van der Waals surface area contributed by atoms with Gasteiger partial charge in [-0.25, -0.2) is 4.98 Å². The second kappa shape index (κ2) is 7.33. The zero-order valence-electron chi connectivity index (χ0n) is 13.4. The van der Waals surface area contributed by atoms with E-state index in [1.807, 2.05) is 42.5 Å². The normalized spacial score (nSPS) is 12.5. The minimum atomic E-state index is 0.0185. The lowest BCUT2D eigenvalue weighted by molar-refractivity contribution is -0.118. The molecule has 0 radical (unpaired) electrons. The Morgan fingerprint density at radius 2 is 2.08 bits per heavy atom. The van der Waals surface area contributed by atoms with Crippen LogP contribution in [0.5, 0.6) is 11.5 Å². The Hall–Kier alpha value is -2.25. The van der Waals surface area contributed by atoms with Gasteiger partial charge in [0.1, 0.15) is 0 Å². The third-order valence-corrected chi connectivity index (χ3v) is 5.95. The molecule has 2 aromatic carbocycles. The van der Waals surface area contributed by atoms with Crippen molar-refractivity contribution in [2.45, 2.75) is 10.8 Å². The summed E-state index contributed by atoms with van der Waals surface area (Å²) in [6.07, 6.45) is 0.758. The second-order valence-corrected chi connectivity index (χ2v) is 7.78. The van der Waals surface area contributed by atoms with E-state index in [-0.39, 0.29) is 12.7 Å². The van der Waals surface area contributed by atoms with E-state index in [1.165, 1.54) is 11.8 Å². The predicted octanol–water partition coefficient (Wildman–Crippen LogP) is 3.48. The number of thioether (sulfide) groups is 1. The van der Waals surface area contributed by atoms with E-state index in [9.17, 15) is 4.79 Å². The van der Waals surface area contributed by atoms with Gasteiger partial charge in [0.05, 0.1) is 16.0 Å². The monoisotopic (exact) mass is 372 g/mol. The van der Waals surface area contributed by atoms with Crippen LogP contribution in [0.25, 0.3) is 10.2 Å². The highest BCUT2D eigenvalue weighted by Gasteiger charge is 2.13. The van der Waals surface area contributed by atoms with Gasteiger partial charge in [-0.1, -0.05) is 30.0 Å². The highest BCUT2D eigenvalue weighted by molar-refractivity contribution is 8.01. The number of hydrogen-bond donors (Lipinski definition) is 1. The molecule has 0 unspecified atom stereocenters. The molecule has 1 aromatic heterocycles. The van der Waals surface area contributed by atoms with Gasteiger partial charge < -0.3 is 14.8 Å². The van der Waals surface area contributed by atoms with E-state index >= 15 is 0 Å². The molecule has 3 aromatic rings. The van der Waals surface area contributed by atoms with Gasteiger partial charge in [0.2, 0.25) is 12.7 Å². The molecule has 25 heavy (non-hydrogen) atoms. The van der Waals surface area contributed by atoms with Crippen molar-refractivity contribution in [1.82, 2.24) is 10.3 Å². The number of ether oxygens (including phenoxy) is 2. The average molecular weight is 372 g/mol. The summed E-state index contributed by atoms with van der Waals surface area (Å²) in [5.41, 5.74) is 2.10.